The van der Waals surface area contributed by atoms with E-state index in [1.54, 1.807) is 12.3 Å². The third-order valence-electron chi connectivity index (χ3n) is 6.06. The van der Waals surface area contributed by atoms with Gasteiger partial charge >= 0.3 is 0 Å². The Labute approximate surface area is 193 Å². The summed E-state index contributed by atoms with van der Waals surface area (Å²) in [5.41, 5.74) is 9.18. The van der Waals surface area contributed by atoms with Crippen LogP contribution < -0.4 is 11.1 Å². The first-order chi connectivity index (χ1) is 16.0. The Balaban J connectivity index is 1.44. The van der Waals surface area contributed by atoms with Gasteiger partial charge in [-0.05, 0) is 17.2 Å². The monoisotopic (exact) mass is 446 g/mol. The van der Waals surface area contributed by atoms with E-state index in [1.165, 1.54) is 0 Å². The number of rotatable bonds is 7. The normalized spacial score (nSPS) is 13.9. The average molecular weight is 447 g/mol. The molecule has 33 heavy (non-hydrogen) atoms. The Morgan fingerprint density at radius 1 is 1.24 bits per heavy atom. The van der Waals surface area contributed by atoms with Gasteiger partial charge in [-0.2, -0.15) is 0 Å². The number of pyridine rings is 1. The summed E-state index contributed by atoms with van der Waals surface area (Å²) in [5, 5.41) is 2.90. The SMILES string of the molecule is CCc1nccn1CC(C)C(=O)N1CCc2nc(N)c(C(=O)NCc3ccccc3)cc2C1. The zero-order valence-electron chi connectivity index (χ0n) is 19.1. The summed E-state index contributed by atoms with van der Waals surface area (Å²) in [6.07, 6.45) is 5.14. The minimum atomic E-state index is -0.268. The van der Waals surface area contributed by atoms with Crippen molar-refractivity contribution in [3.63, 3.8) is 0 Å². The first kappa shape index (κ1) is 22.5. The summed E-state index contributed by atoms with van der Waals surface area (Å²) in [7, 11) is 0. The zero-order chi connectivity index (χ0) is 23.4. The van der Waals surface area contributed by atoms with E-state index in [-0.39, 0.29) is 23.6 Å². The number of nitrogens with zero attached hydrogens (tertiary/aromatic N) is 4. The van der Waals surface area contributed by atoms with E-state index in [0.717, 1.165) is 29.1 Å². The highest BCUT2D eigenvalue weighted by Crippen LogP contribution is 2.23. The number of fused-ring (bicyclic) bond motifs is 1. The second kappa shape index (κ2) is 9.85. The first-order valence-corrected chi connectivity index (χ1v) is 11.4. The van der Waals surface area contributed by atoms with Crippen LogP contribution in [0.5, 0.6) is 0 Å². The number of amides is 2. The van der Waals surface area contributed by atoms with Crippen molar-refractivity contribution in [2.45, 2.75) is 46.3 Å². The van der Waals surface area contributed by atoms with Crippen LogP contribution in [0.15, 0.2) is 48.8 Å². The molecular formula is C25H30N6O2. The minimum Gasteiger partial charge on any atom is -0.383 e. The summed E-state index contributed by atoms with van der Waals surface area (Å²) < 4.78 is 2.04. The van der Waals surface area contributed by atoms with E-state index in [1.807, 2.05) is 52.9 Å². The standard InChI is InChI=1S/C25H30N6O2/c1-3-22-27-10-12-30(22)15-17(2)25(33)31-11-9-21-19(16-31)13-20(23(26)29-21)24(32)28-14-18-7-5-4-6-8-18/h4-8,10,12-13,17H,3,9,11,14-16H2,1-2H3,(H2,26,29)(H,28,32). The van der Waals surface area contributed by atoms with E-state index in [9.17, 15) is 9.59 Å². The number of hydrogen-bond acceptors (Lipinski definition) is 5. The molecule has 0 saturated carbocycles. The quantitative estimate of drug-likeness (QED) is 0.580. The number of carbonyl (C=O) groups is 2. The van der Waals surface area contributed by atoms with E-state index in [4.69, 9.17) is 5.73 Å². The van der Waals surface area contributed by atoms with Crippen molar-refractivity contribution in [3.8, 4) is 0 Å². The summed E-state index contributed by atoms with van der Waals surface area (Å²) in [6.45, 7) is 6.02. The number of aryl methyl sites for hydroxylation is 1. The number of carbonyl (C=O) groups excluding carboxylic acids is 2. The van der Waals surface area contributed by atoms with Crippen LogP contribution in [0, 0.1) is 5.92 Å². The maximum Gasteiger partial charge on any atom is 0.255 e. The molecule has 0 spiro atoms. The van der Waals surface area contributed by atoms with E-state index >= 15 is 0 Å². The van der Waals surface area contributed by atoms with Gasteiger partial charge in [-0.1, -0.05) is 44.2 Å². The van der Waals surface area contributed by atoms with E-state index in [2.05, 4.69) is 22.2 Å². The minimum absolute atomic E-state index is 0.0864. The second-order valence-corrected chi connectivity index (χ2v) is 8.46. The molecule has 0 radical (unpaired) electrons. The number of nitrogens with two attached hydrogens (primary N) is 1. The number of imidazole rings is 1. The molecule has 1 aliphatic heterocycles. The maximum atomic E-state index is 13.1. The van der Waals surface area contributed by atoms with Crippen molar-refractivity contribution in [2.24, 2.45) is 5.92 Å². The number of nitrogen functional groups attached to an aromatic ring is 1. The number of anilines is 1. The highest BCUT2D eigenvalue weighted by molar-refractivity contribution is 5.98. The predicted octanol–water partition coefficient (Wildman–Crippen LogP) is 2.57. The fourth-order valence-corrected chi connectivity index (χ4v) is 4.24. The molecule has 172 valence electrons. The molecule has 8 heteroatoms. The summed E-state index contributed by atoms with van der Waals surface area (Å²) >= 11 is 0. The fourth-order valence-electron chi connectivity index (χ4n) is 4.24. The Kier molecular flexibility index (Phi) is 6.72. The smallest absolute Gasteiger partial charge is 0.255 e. The van der Waals surface area contributed by atoms with Crippen molar-refractivity contribution in [1.82, 2.24) is 24.8 Å². The van der Waals surface area contributed by atoms with Crippen LogP contribution in [0.4, 0.5) is 5.82 Å². The second-order valence-electron chi connectivity index (χ2n) is 8.46. The van der Waals surface area contributed by atoms with Crippen LogP contribution in [0.2, 0.25) is 0 Å². The Bertz CT molecular complexity index is 1140. The van der Waals surface area contributed by atoms with Gasteiger partial charge in [0.1, 0.15) is 11.6 Å². The molecule has 3 N–H and O–H groups in total. The Morgan fingerprint density at radius 3 is 2.79 bits per heavy atom. The van der Waals surface area contributed by atoms with Crippen LogP contribution in [0.25, 0.3) is 0 Å². The van der Waals surface area contributed by atoms with Gasteiger partial charge in [-0.3, -0.25) is 9.59 Å². The third-order valence-corrected chi connectivity index (χ3v) is 6.06. The van der Waals surface area contributed by atoms with Crippen LogP contribution >= 0.6 is 0 Å². The topological polar surface area (TPSA) is 106 Å². The van der Waals surface area contributed by atoms with Crippen LogP contribution in [0.1, 0.15) is 46.9 Å². The molecule has 8 nitrogen and oxygen atoms in total. The lowest BCUT2D eigenvalue weighted by Crippen LogP contribution is -2.40. The number of nitrogens with one attached hydrogen (secondary N) is 1. The molecule has 2 amide bonds. The maximum absolute atomic E-state index is 13.1. The van der Waals surface area contributed by atoms with Gasteiger partial charge in [-0.25, -0.2) is 9.97 Å². The molecule has 0 saturated heterocycles. The third kappa shape index (κ3) is 5.05. The molecule has 0 bridgehead atoms. The van der Waals surface area contributed by atoms with E-state index in [0.29, 0.717) is 38.2 Å². The number of benzene rings is 1. The molecule has 1 atom stereocenters. The zero-order valence-corrected chi connectivity index (χ0v) is 19.1. The molecule has 3 aromatic rings. The van der Waals surface area contributed by atoms with Crippen molar-refractivity contribution >= 4 is 17.6 Å². The lowest BCUT2D eigenvalue weighted by Gasteiger charge is -2.31. The molecule has 3 heterocycles. The Morgan fingerprint density at radius 2 is 2.03 bits per heavy atom. The average Bonchev–Trinajstić information content (AvgIpc) is 3.29. The molecular weight excluding hydrogens is 416 g/mol. The van der Waals surface area contributed by atoms with Gasteiger partial charge in [-0.15, -0.1) is 0 Å². The van der Waals surface area contributed by atoms with Crippen LogP contribution in [-0.4, -0.2) is 37.8 Å². The highest BCUT2D eigenvalue weighted by Gasteiger charge is 2.27. The van der Waals surface area contributed by atoms with Crippen molar-refractivity contribution in [1.29, 1.82) is 0 Å². The Hall–Kier alpha value is -3.68. The predicted molar refractivity (Wildman–Crippen MR) is 126 cm³/mol. The summed E-state index contributed by atoms with van der Waals surface area (Å²) in [5.74, 6) is 0.838. The molecule has 1 unspecified atom stereocenters. The molecule has 0 aliphatic carbocycles. The first-order valence-electron chi connectivity index (χ1n) is 11.4. The molecule has 0 fully saturated rings. The lowest BCUT2D eigenvalue weighted by molar-refractivity contribution is -0.136. The summed E-state index contributed by atoms with van der Waals surface area (Å²) in [6, 6.07) is 11.5. The molecule has 1 aromatic carbocycles. The van der Waals surface area contributed by atoms with Gasteiger partial charge in [0.15, 0.2) is 0 Å². The van der Waals surface area contributed by atoms with Crippen LogP contribution in [-0.2, 0) is 37.3 Å². The largest absolute Gasteiger partial charge is 0.383 e. The lowest BCUT2D eigenvalue weighted by atomic mass is 10.0. The van der Waals surface area contributed by atoms with Crippen molar-refractivity contribution in [3.05, 3.63) is 77.0 Å². The van der Waals surface area contributed by atoms with Crippen molar-refractivity contribution < 1.29 is 9.59 Å². The van der Waals surface area contributed by atoms with Crippen LogP contribution in [0.3, 0.4) is 0 Å². The highest BCUT2D eigenvalue weighted by atomic mass is 16.2. The fraction of sp³-hybridized carbons (Fsp3) is 0.360. The van der Waals surface area contributed by atoms with E-state index < -0.39 is 0 Å². The number of hydrogen-bond donors (Lipinski definition) is 2. The van der Waals surface area contributed by atoms with Gasteiger partial charge in [0.2, 0.25) is 5.91 Å². The van der Waals surface area contributed by atoms with Crippen molar-refractivity contribution in [2.75, 3.05) is 12.3 Å². The number of aromatic nitrogens is 3. The molecule has 4 rings (SSSR count). The molecule has 2 aromatic heterocycles. The van der Waals surface area contributed by atoms with Gasteiger partial charge < -0.3 is 20.5 Å². The van der Waals surface area contributed by atoms with Gasteiger partial charge in [0.25, 0.3) is 5.91 Å². The summed E-state index contributed by atoms with van der Waals surface area (Å²) in [4.78, 5) is 36.6. The van der Waals surface area contributed by atoms with Gasteiger partial charge in [0, 0.05) is 57.1 Å². The van der Waals surface area contributed by atoms with Gasteiger partial charge in [0.05, 0.1) is 11.5 Å². The molecule has 1 aliphatic rings.